The summed E-state index contributed by atoms with van der Waals surface area (Å²) in [5, 5.41) is 13.9. The Bertz CT molecular complexity index is 751. The summed E-state index contributed by atoms with van der Waals surface area (Å²) in [6.45, 7) is 2.79. The van der Waals surface area contributed by atoms with Crippen molar-refractivity contribution in [2.75, 3.05) is 13.2 Å². The smallest absolute Gasteiger partial charge is 0.252 e. The highest BCUT2D eigenvalue weighted by molar-refractivity contribution is 5.96. The third-order valence-corrected chi connectivity index (χ3v) is 4.80. The molecule has 4 N–H and O–H groups in total. The number of amides is 1. The minimum absolute atomic E-state index is 0.352. The Morgan fingerprint density at radius 2 is 1.92 bits per heavy atom. The van der Waals surface area contributed by atoms with E-state index in [4.69, 9.17) is 10.5 Å². The molecule has 1 aliphatic carbocycles. The van der Waals surface area contributed by atoms with Gasteiger partial charge in [-0.15, -0.1) is 0 Å². The molecule has 5 nitrogen and oxygen atoms in total. The fourth-order valence-electron chi connectivity index (χ4n) is 3.59. The van der Waals surface area contributed by atoms with Gasteiger partial charge in [0.25, 0.3) is 5.91 Å². The quantitative estimate of drug-likeness (QED) is 0.675. The maximum atomic E-state index is 11.6. The van der Waals surface area contributed by atoms with Crippen LogP contribution in [-0.2, 0) is 19.3 Å². The predicted molar refractivity (Wildman–Crippen MR) is 101 cm³/mol. The van der Waals surface area contributed by atoms with Gasteiger partial charge in [0.05, 0.1) is 18.3 Å². The molecule has 0 unspecified atom stereocenters. The largest absolute Gasteiger partial charge is 0.493 e. The molecule has 138 valence electrons. The monoisotopic (exact) mass is 354 g/mol. The number of ether oxygens (including phenoxy) is 1. The number of hydrogen-bond acceptors (Lipinski definition) is 4. The van der Waals surface area contributed by atoms with Crippen LogP contribution in [0.3, 0.4) is 0 Å². The van der Waals surface area contributed by atoms with E-state index in [1.54, 1.807) is 12.1 Å². The van der Waals surface area contributed by atoms with E-state index in [9.17, 15) is 9.90 Å². The maximum Gasteiger partial charge on any atom is 0.252 e. The summed E-state index contributed by atoms with van der Waals surface area (Å²) in [5.74, 6) is -0.0403. The van der Waals surface area contributed by atoms with Gasteiger partial charge in [0, 0.05) is 19.0 Å². The third kappa shape index (κ3) is 4.23. The lowest BCUT2D eigenvalue weighted by atomic mass is 10.0. The summed E-state index contributed by atoms with van der Waals surface area (Å²) in [7, 11) is 0. The Balaban J connectivity index is 1.59. The Morgan fingerprint density at radius 3 is 2.54 bits per heavy atom. The molecule has 0 bridgehead atoms. The second-order valence-corrected chi connectivity index (χ2v) is 6.73. The van der Waals surface area contributed by atoms with Gasteiger partial charge >= 0.3 is 0 Å². The average Bonchev–Trinajstić information content (AvgIpc) is 3.04. The minimum atomic E-state index is -0.568. The van der Waals surface area contributed by atoms with Crippen LogP contribution in [-0.4, -0.2) is 36.3 Å². The molecule has 0 saturated heterocycles. The number of rotatable bonds is 8. The van der Waals surface area contributed by atoms with E-state index in [0.29, 0.717) is 36.9 Å². The number of aliphatic hydroxyl groups is 1. The molecule has 0 aromatic heterocycles. The van der Waals surface area contributed by atoms with Gasteiger partial charge in [0.2, 0.25) is 0 Å². The van der Waals surface area contributed by atoms with Crippen LogP contribution in [0.25, 0.3) is 0 Å². The SMILES string of the molecule is CCOc1c(C[C@H](O)CNC2Cc3ccccc3C2)cccc1C(N)=O. The number of carbonyl (C=O) groups is 1. The van der Waals surface area contributed by atoms with Crippen LogP contribution in [0.2, 0.25) is 0 Å². The van der Waals surface area contributed by atoms with Crippen molar-refractivity contribution in [3.05, 3.63) is 64.7 Å². The van der Waals surface area contributed by atoms with Crippen molar-refractivity contribution in [1.29, 1.82) is 0 Å². The van der Waals surface area contributed by atoms with E-state index in [1.165, 1.54) is 11.1 Å². The lowest BCUT2D eigenvalue weighted by molar-refractivity contribution is 0.0996. The number of nitrogens with one attached hydrogen (secondary N) is 1. The van der Waals surface area contributed by atoms with Crippen molar-refractivity contribution >= 4 is 5.91 Å². The minimum Gasteiger partial charge on any atom is -0.493 e. The first-order valence-corrected chi connectivity index (χ1v) is 9.11. The number of benzene rings is 2. The van der Waals surface area contributed by atoms with Gasteiger partial charge in [-0.2, -0.15) is 0 Å². The van der Waals surface area contributed by atoms with Crippen LogP contribution in [0.1, 0.15) is 34.0 Å². The molecule has 0 aliphatic heterocycles. The zero-order chi connectivity index (χ0) is 18.5. The molecule has 2 aromatic rings. The highest BCUT2D eigenvalue weighted by atomic mass is 16.5. The molecule has 1 amide bonds. The number of primary amides is 1. The van der Waals surface area contributed by atoms with Crippen LogP contribution in [0, 0.1) is 0 Å². The van der Waals surface area contributed by atoms with Crippen molar-refractivity contribution in [3.8, 4) is 5.75 Å². The van der Waals surface area contributed by atoms with Gasteiger partial charge < -0.3 is 20.9 Å². The molecule has 0 fully saturated rings. The molecule has 0 heterocycles. The van der Waals surface area contributed by atoms with Gasteiger partial charge in [0.15, 0.2) is 0 Å². The van der Waals surface area contributed by atoms with E-state index >= 15 is 0 Å². The first-order chi connectivity index (χ1) is 12.6. The molecular weight excluding hydrogens is 328 g/mol. The fraction of sp³-hybridized carbons (Fsp3) is 0.381. The number of aliphatic hydroxyl groups excluding tert-OH is 1. The van der Waals surface area contributed by atoms with Crippen LogP contribution >= 0.6 is 0 Å². The summed E-state index contributed by atoms with van der Waals surface area (Å²) in [6.07, 6.45) is 1.82. The van der Waals surface area contributed by atoms with Crippen molar-refractivity contribution in [3.63, 3.8) is 0 Å². The summed E-state index contributed by atoms with van der Waals surface area (Å²) in [4.78, 5) is 11.6. The van der Waals surface area contributed by atoms with E-state index in [0.717, 1.165) is 18.4 Å². The van der Waals surface area contributed by atoms with Crippen LogP contribution in [0.4, 0.5) is 0 Å². The molecule has 0 spiro atoms. The number of nitrogens with two attached hydrogens (primary N) is 1. The number of fused-ring (bicyclic) bond motifs is 1. The van der Waals surface area contributed by atoms with Crippen molar-refractivity contribution < 1.29 is 14.6 Å². The second kappa shape index (κ2) is 8.34. The summed E-state index contributed by atoms with van der Waals surface area (Å²) in [6, 6.07) is 14.1. The third-order valence-electron chi connectivity index (χ3n) is 4.80. The molecule has 2 aromatic carbocycles. The van der Waals surface area contributed by atoms with Crippen molar-refractivity contribution in [1.82, 2.24) is 5.32 Å². The van der Waals surface area contributed by atoms with E-state index in [2.05, 4.69) is 29.6 Å². The zero-order valence-corrected chi connectivity index (χ0v) is 15.1. The summed E-state index contributed by atoms with van der Waals surface area (Å²) >= 11 is 0. The number of hydrogen-bond donors (Lipinski definition) is 3. The highest BCUT2D eigenvalue weighted by Crippen LogP contribution is 2.26. The summed E-state index contributed by atoms with van der Waals surface area (Å²) in [5.41, 5.74) is 9.35. The van der Waals surface area contributed by atoms with Crippen molar-refractivity contribution in [2.24, 2.45) is 5.73 Å². The second-order valence-electron chi connectivity index (χ2n) is 6.73. The van der Waals surface area contributed by atoms with Crippen LogP contribution < -0.4 is 15.8 Å². The van der Waals surface area contributed by atoms with Gasteiger partial charge in [-0.05, 0) is 42.5 Å². The van der Waals surface area contributed by atoms with E-state index in [-0.39, 0.29) is 0 Å². The lowest BCUT2D eigenvalue weighted by Gasteiger charge is -2.19. The van der Waals surface area contributed by atoms with Crippen molar-refractivity contribution in [2.45, 2.75) is 38.3 Å². The van der Waals surface area contributed by atoms with E-state index in [1.807, 2.05) is 13.0 Å². The zero-order valence-electron chi connectivity index (χ0n) is 15.1. The molecule has 26 heavy (non-hydrogen) atoms. The van der Waals surface area contributed by atoms with Crippen LogP contribution in [0.5, 0.6) is 5.75 Å². The highest BCUT2D eigenvalue weighted by Gasteiger charge is 2.22. The molecule has 1 aliphatic rings. The van der Waals surface area contributed by atoms with Gasteiger partial charge in [-0.3, -0.25) is 4.79 Å². The summed E-state index contributed by atoms with van der Waals surface area (Å²) < 4.78 is 5.62. The maximum absolute atomic E-state index is 11.6. The van der Waals surface area contributed by atoms with Crippen LogP contribution in [0.15, 0.2) is 42.5 Å². The molecule has 1 atom stereocenters. The lowest BCUT2D eigenvalue weighted by Crippen LogP contribution is -2.37. The van der Waals surface area contributed by atoms with Gasteiger partial charge in [0.1, 0.15) is 5.75 Å². The average molecular weight is 354 g/mol. The Hall–Kier alpha value is -2.37. The molecule has 0 saturated carbocycles. The first kappa shape index (κ1) is 18.4. The Labute approximate surface area is 154 Å². The standard InChI is InChI=1S/C21H26N2O3/c1-2-26-20-16(8-5-9-19(20)21(22)25)12-18(24)13-23-17-10-14-6-3-4-7-15(14)11-17/h3-9,17-18,23-24H,2,10-13H2,1H3,(H2,22,25)/t18-/m0/s1. The van der Waals surface area contributed by atoms with Gasteiger partial charge in [-0.1, -0.05) is 36.4 Å². The first-order valence-electron chi connectivity index (χ1n) is 9.11. The predicted octanol–water partition coefficient (Wildman–Crippen LogP) is 1.84. The molecule has 5 heteroatoms. The Morgan fingerprint density at radius 1 is 1.23 bits per heavy atom. The Kier molecular flexibility index (Phi) is 5.91. The molecule has 3 rings (SSSR count). The van der Waals surface area contributed by atoms with E-state index < -0.39 is 12.0 Å². The number of para-hydroxylation sites is 1. The molecule has 0 radical (unpaired) electrons. The van der Waals surface area contributed by atoms with Gasteiger partial charge in [-0.25, -0.2) is 0 Å². The topological polar surface area (TPSA) is 84.6 Å². The normalized spacial score (nSPS) is 14.8. The molecular formula is C21H26N2O3. The fourth-order valence-corrected chi connectivity index (χ4v) is 3.59. The number of carbonyl (C=O) groups excluding carboxylic acids is 1.